The average Bonchev–Trinajstić information content (AvgIpc) is 2.18. The van der Waals surface area contributed by atoms with Gasteiger partial charge in [-0.2, -0.15) is 0 Å². The molecule has 0 atom stereocenters. The number of hydrogen-bond acceptors (Lipinski definition) is 2. The van der Waals surface area contributed by atoms with Crippen molar-refractivity contribution in [3.05, 3.63) is 41.0 Å². The van der Waals surface area contributed by atoms with Crippen molar-refractivity contribution in [2.24, 2.45) is 0 Å². The van der Waals surface area contributed by atoms with Crippen molar-refractivity contribution in [3.63, 3.8) is 0 Å². The summed E-state index contributed by atoms with van der Waals surface area (Å²) in [4.78, 5) is 4.37. The predicted octanol–water partition coefficient (Wildman–Crippen LogP) is 1.13. The number of rotatable bonds is 3. The zero-order valence-electron chi connectivity index (χ0n) is 8.71. The van der Waals surface area contributed by atoms with Crippen LogP contribution < -0.4 is 10.6 Å². The molecule has 0 saturated carbocycles. The van der Waals surface area contributed by atoms with Gasteiger partial charge in [0.2, 0.25) is 0 Å². The molecule has 0 aliphatic carbocycles. The van der Waals surface area contributed by atoms with Crippen LogP contribution in [0.3, 0.4) is 0 Å². The van der Waals surface area contributed by atoms with Crippen LogP contribution in [0.25, 0.3) is 12.3 Å². The Balaban J connectivity index is 3.46. The number of pyridine rings is 1. The molecule has 1 aromatic heterocycles. The number of nitrogens with zero attached hydrogens (tertiary/aromatic N) is 1. The summed E-state index contributed by atoms with van der Waals surface area (Å²) in [5, 5.41) is 1.64. The molecule has 74 valence electrons. The van der Waals surface area contributed by atoms with E-state index in [9.17, 15) is 0 Å². The van der Waals surface area contributed by atoms with E-state index in [0.29, 0.717) is 12.4 Å². The SMILES string of the molecule is C=C/C(OCC)=c1/nc(C)ccc1=C. The van der Waals surface area contributed by atoms with Crippen molar-refractivity contribution in [3.8, 4) is 0 Å². The van der Waals surface area contributed by atoms with Gasteiger partial charge in [-0.3, -0.25) is 0 Å². The molecular weight excluding hydrogens is 174 g/mol. The first kappa shape index (κ1) is 10.5. The minimum Gasteiger partial charge on any atom is -0.492 e. The van der Waals surface area contributed by atoms with Gasteiger partial charge in [0.25, 0.3) is 0 Å². The van der Waals surface area contributed by atoms with Gasteiger partial charge in [-0.25, -0.2) is 4.98 Å². The summed E-state index contributed by atoms with van der Waals surface area (Å²) >= 11 is 0. The lowest BCUT2D eigenvalue weighted by Crippen LogP contribution is -2.30. The summed E-state index contributed by atoms with van der Waals surface area (Å²) in [5.74, 6) is 0.696. The molecule has 14 heavy (non-hydrogen) atoms. The molecule has 2 nitrogen and oxygen atoms in total. The van der Waals surface area contributed by atoms with Crippen molar-refractivity contribution in [2.75, 3.05) is 6.61 Å². The smallest absolute Gasteiger partial charge is 0.144 e. The third kappa shape index (κ3) is 2.22. The lowest BCUT2D eigenvalue weighted by atomic mass is 10.3. The molecule has 0 fully saturated rings. The van der Waals surface area contributed by atoms with Crippen LogP contribution in [0.2, 0.25) is 0 Å². The van der Waals surface area contributed by atoms with Crippen LogP contribution in [0, 0.1) is 6.92 Å². The molecule has 0 saturated heterocycles. The van der Waals surface area contributed by atoms with Crippen LogP contribution in [-0.4, -0.2) is 11.6 Å². The predicted molar refractivity (Wildman–Crippen MR) is 59.0 cm³/mol. The molecule has 1 heterocycles. The fourth-order valence-electron chi connectivity index (χ4n) is 1.18. The van der Waals surface area contributed by atoms with E-state index in [1.807, 2.05) is 26.0 Å². The zero-order valence-corrected chi connectivity index (χ0v) is 8.71. The minimum atomic E-state index is 0.608. The van der Waals surface area contributed by atoms with Crippen LogP contribution >= 0.6 is 0 Å². The van der Waals surface area contributed by atoms with Gasteiger partial charge in [-0.1, -0.05) is 19.2 Å². The largest absolute Gasteiger partial charge is 0.492 e. The summed E-state index contributed by atoms with van der Waals surface area (Å²) in [6.07, 6.45) is 1.67. The molecule has 0 aliphatic heterocycles. The molecule has 2 heteroatoms. The van der Waals surface area contributed by atoms with E-state index in [1.54, 1.807) is 6.08 Å². The Bertz CT molecular complexity index is 434. The maximum Gasteiger partial charge on any atom is 0.144 e. The van der Waals surface area contributed by atoms with Crippen molar-refractivity contribution in [2.45, 2.75) is 13.8 Å². The number of ether oxygens (including phenoxy) is 1. The first-order chi connectivity index (χ1) is 6.69. The molecule has 0 radical (unpaired) electrons. The van der Waals surface area contributed by atoms with Gasteiger partial charge in [0, 0.05) is 5.69 Å². The van der Waals surface area contributed by atoms with Crippen LogP contribution in [0.5, 0.6) is 0 Å². The highest BCUT2D eigenvalue weighted by atomic mass is 16.5. The standard InChI is InChI=1S/C12H15NO/c1-5-11(14-6-2)12-9(3)7-8-10(4)13-12/h5,7-8H,1,3,6H2,2,4H3/b12-11-. The first-order valence-corrected chi connectivity index (χ1v) is 4.61. The van der Waals surface area contributed by atoms with Gasteiger partial charge in [0.1, 0.15) is 11.1 Å². The van der Waals surface area contributed by atoms with Crippen molar-refractivity contribution >= 4 is 12.3 Å². The van der Waals surface area contributed by atoms with Gasteiger partial charge in [-0.15, -0.1) is 0 Å². The topological polar surface area (TPSA) is 22.1 Å². The van der Waals surface area contributed by atoms with Crippen LogP contribution in [-0.2, 0) is 4.74 Å². The Morgan fingerprint density at radius 3 is 2.86 bits per heavy atom. The molecule has 0 amide bonds. The lowest BCUT2D eigenvalue weighted by molar-refractivity contribution is 0.297. The Morgan fingerprint density at radius 2 is 2.29 bits per heavy atom. The molecule has 0 N–H and O–H groups in total. The van der Waals surface area contributed by atoms with E-state index in [4.69, 9.17) is 4.74 Å². The van der Waals surface area contributed by atoms with Crippen LogP contribution in [0.1, 0.15) is 12.6 Å². The third-order valence-electron chi connectivity index (χ3n) is 1.84. The number of aryl methyl sites for hydroxylation is 1. The highest BCUT2D eigenvalue weighted by molar-refractivity contribution is 5.46. The fraction of sp³-hybridized carbons (Fsp3) is 0.250. The highest BCUT2D eigenvalue weighted by Gasteiger charge is 1.96. The molecule has 0 bridgehead atoms. The van der Waals surface area contributed by atoms with Gasteiger partial charge < -0.3 is 4.74 Å². The molecule has 0 aromatic carbocycles. The monoisotopic (exact) mass is 189 g/mol. The van der Waals surface area contributed by atoms with Gasteiger partial charge in [0.15, 0.2) is 0 Å². The molecule has 0 spiro atoms. The highest BCUT2D eigenvalue weighted by Crippen LogP contribution is 1.94. The van der Waals surface area contributed by atoms with Gasteiger partial charge in [0.05, 0.1) is 6.61 Å². The van der Waals surface area contributed by atoms with Crippen molar-refractivity contribution < 1.29 is 4.74 Å². The average molecular weight is 189 g/mol. The van der Waals surface area contributed by atoms with Gasteiger partial charge in [-0.05, 0) is 31.2 Å². The quantitative estimate of drug-likeness (QED) is 0.711. The zero-order chi connectivity index (χ0) is 10.6. The van der Waals surface area contributed by atoms with Crippen LogP contribution in [0.4, 0.5) is 0 Å². The second-order valence-electron chi connectivity index (χ2n) is 2.96. The fourth-order valence-corrected chi connectivity index (χ4v) is 1.18. The van der Waals surface area contributed by atoms with E-state index >= 15 is 0 Å². The third-order valence-corrected chi connectivity index (χ3v) is 1.84. The summed E-state index contributed by atoms with van der Waals surface area (Å²) in [6, 6.07) is 3.86. The second-order valence-corrected chi connectivity index (χ2v) is 2.96. The summed E-state index contributed by atoms with van der Waals surface area (Å²) in [6.45, 7) is 12.1. The molecule has 0 aliphatic rings. The Kier molecular flexibility index (Phi) is 3.46. The Hall–Kier alpha value is -1.57. The van der Waals surface area contributed by atoms with E-state index in [0.717, 1.165) is 16.3 Å². The normalized spacial score (nSPS) is 12.1. The van der Waals surface area contributed by atoms with Crippen molar-refractivity contribution in [1.82, 2.24) is 4.98 Å². The number of aromatic nitrogens is 1. The summed E-state index contributed by atoms with van der Waals surface area (Å²) < 4.78 is 5.41. The minimum absolute atomic E-state index is 0.608. The van der Waals surface area contributed by atoms with E-state index in [1.165, 1.54) is 0 Å². The molecular formula is C12H15NO. The molecule has 1 rings (SSSR count). The number of hydrogen-bond donors (Lipinski definition) is 0. The second kappa shape index (κ2) is 4.61. The van der Waals surface area contributed by atoms with Gasteiger partial charge >= 0.3 is 0 Å². The Labute approximate surface area is 84.3 Å². The van der Waals surface area contributed by atoms with E-state index in [2.05, 4.69) is 18.1 Å². The lowest BCUT2D eigenvalue weighted by Gasteiger charge is -2.03. The summed E-state index contributed by atoms with van der Waals surface area (Å²) in [5.41, 5.74) is 0.950. The maximum atomic E-state index is 5.41. The maximum absolute atomic E-state index is 5.41. The summed E-state index contributed by atoms with van der Waals surface area (Å²) in [7, 11) is 0. The van der Waals surface area contributed by atoms with E-state index in [-0.39, 0.29) is 0 Å². The molecule has 0 unspecified atom stereocenters. The van der Waals surface area contributed by atoms with Crippen molar-refractivity contribution in [1.29, 1.82) is 0 Å². The Morgan fingerprint density at radius 1 is 1.57 bits per heavy atom. The van der Waals surface area contributed by atoms with E-state index < -0.39 is 0 Å². The molecule has 1 aromatic rings. The van der Waals surface area contributed by atoms with Crippen LogP contribution in [0.15, 0.2) is 24.8 Å². The first-order valence-electron chi connectivity index (χ1n) is 4.61.